The molecule has 0 aliphatic rings. The maximum atomic E-state index is 11.0. The maximum absolute atomic E-state index is 11.0. The van der Waals surface area contributed by atoms with Crippen LogP contribution in [0.5, 0.6) is 5.75 Å². The summed E-state index contributed by atoms with van der Waals surface area (Å²) in [6.07, 6.45) is 0. The molecule has 2 aromatic carbocycles. The minimum atomic E-state index is -1.11. The summed E-state index contributed by atoms with van der Waals surface area (Å²) in [5.74, 6) is -0.310. The van der Waals surface area contributed by atoms with Crippen molar-refractivity contribution in [3.63, 3.8) is 0 Å². The number of carboxylic acid groups (broad SMARTS) is 1. The summed E-state index contributed by atoms with van der Waals surface area (Å²) in [5, 5.41) is 11.0. The van der Waals surface area contributed by atoms with Crippen molar-refractivity contribution in [2.75, 3.05) is 7.11 Å². The van der Waals surface area contributed by atoms with Crippen LogP contribution in [0.15, 0.2) is 48.5 Å². The van der Waals surface area contributed by atoms with E-state index in [1.165, 1.54) is 0 Å². The number of hydrogen-bond acceptors (Lipinski definition) is 3. The van der Waals surface area contributed by atoms with Gasteiger partial charge in [-0.15, -0.1) is 0 Å². The molecule has 4 heteroatoms. The van der Waals surface area contributed by atoms with E-state index in [-0.39, 0.29) is 0 Å². The van der Waals surface area contributed by atoms with Crippen molar-refractivity contribution in [2.45, 2.75) is 0 Å². The van der Waals surface area contributed by atoms with Crippen LogP contribution in [0.4, 0.5) is 0 Å². The van der Waals surface area contributed by atoms with E-state index in [9.17, 15) is 9.90 Å². The van der Waals surface area contributed by atoms with E-state index in [1.807, 2.05) is 36.4 Å². The molecule has 0 bridgehead atoms. The van der Waals surface area contributed by atoms with Gasteiger partial charge in [-0.2, -0.15) is 0 Å². The monoisotopic (exact) mass is 354 g/mol. The summed E-state index contributed by atoms with van der Waals surface area (Å²) in [6, 6.07) is 14.7. The molecule has 0 amide bonds. The summed E-state index contributed by atoms with van der Waals surface area (Å²) in [4.78, 5) is 11.0. The Balaban J connectivity index is 2.25. The van der Waals surface area contributed by atoms with Gasteiger partial charge in [0.15, 0.2) is 0 Å². The fraction of sp³-hybridized carbons (Fsp3) is 0.0714. The number of carbonyl (C=O) groups is 1. The Morgan fingerprint density at radius 1 is 1.11 bits per heavy atom. The van der Waals surface area contributed by atoms with Crippen molar-refractivity contribution in [1.29, 1.82) is 0 Å². The van der Waals surface area contributed by atoms with Gasteiger partial charge in [-0.25, -0.2) is 0 Å². The Labute approximate surface area is 116 Å². The van der Waals surface area contributed by atoms with Gasteiger partial charge in [0.2, 0.25) is 0 Å². The van der Waals surface area contributed by atoms with Crippen molar-refractivity contribution < 1.29 is 35.8 Å². The van der Waals surface area contributed by atoms with Crippen LogP contribution in [0, 0.1) is 7.14 Å². The van der Waals surface area contributed by atoms with Crippen LogP contribution in [-0.2, 0) is 0 Å². The molecule has 0 saturated heterocycles. The Kier molecular flexibility index (Phi) is 4.19. The molecule has 0 aliphatic carbocycles. The number of hydrogen-bond donors (Lipinski definition) is 0. The number of ether oxygens (including phenoxy) is 1. The molecule has 0 aliphatic heterocycles. The fourth-order valence-electron chi connectivity index (χ4n) is 1.46. The molecular formula is C14H11IO3-2. The van der Waals surface area contributed by atoms with Crippen LogP contribution < -0.4 is 31.0 Å². The van der Waals surface area contributed by atoms with Gasteiger partial charge in [-0.3, -0.25) is 0 Å². The van der Waals surface area contributed by atoms with Crippen LogP contribution in [0.2, 0.25) is 0 Å². The van der Waals surface area contributed by atoms with E-state index >= 15 is 0 Å². The molecule has 0 N–H and O–H groups in total. The second-order valence-corrected chi connectivity index (χ2v) is 6.47. The van der Waals surface area contributed by atoms with E-state index in [0.29, 0.717) is 5.56 Å². The second kappa shape index (κ2) is 5.86. The molecule has 2 aromatic rings. The molecule has 0 radical (unpaired) electrons. The van der Waals surface area contributed by atoms with Gasteiger partial charge in [0.05, 0.1) is 0 Å². The summed E-state index contributed by atoms with van der Waals surface area (Å²) in [7, 11) is 1.62. The molecule has 18 heavy (non-hydrogen) atoms. The predicted molar refractivity (Wildman–Crippen MR) is 61.2 cm³/mol. The SMILES string of the molecule is COc1ccc([I-]c2ccccc2C(=O)[O-])cc1. The average molecular weight is 354 g/mol. The first kappa shape index (κ1) is 12.9. The average Bonchev–Trinajstić information content (AvgIpc) is 2.40. The first-order valence-electron chi connectivity index (χ1n) is 5.30. The number of methoxy groups -OCH3 is 1. The summed E-state index contributed by atoms with van der Waals surface area (Å²) >= 11 is -0.521. The summed E-state index contributed by atoms with van der Waals surface area (Å²) < 4.78 is 7.09. The van der Waals surface area contributed by atoms with Crippen LogP contribution in [0.3, 0.4) is 0 Å². The Morgan fingerprint density at radius 3 is 2.39 bits per heavy atom. The number of aromatic carboxylic acids is 1. The van der Waals surface area contributed by atoms with Crippen LogP contribution in [0.25, 0.3) is 0 Å². The van der Waals surface area contributed by atoms with Crippen molar-refractivity contribution in [3.8, 4) is 5.75 Å². The standard InChI is InChI=1S/C14H12IO3/c1-18-11-8-6-10(7-9-11)15-13-5-3-2-4-12(13)14(16)17/h2-9H,1H3,(H,16,17)/q-1/p-1. The summed E-state index contributed by atoms with van der Waals surface area (Å²) in [6.45, 7) is 0. The first-order chi connectivity index (χ1) is 8.70. The third-order valence-corrected chi connectivity index (χ3v) is 5.22. The van der Waals surface area contributed by atoms with Gasteiger partial charge < -0.3 is 0 Å². The predicted octanol–water partition coefficient (Wildman–Crippen LogP) is -1.81. The zero-order valence-corrected chi connectivity index (χ0v) is 11.9. The van der Waals surface area contributed by atoms with Gasteiger partial charge in [0.1, 0.15) is 0 Å². The van der Waals surface area contributed by atoms with E-state index < -0.39 is 27.2 Å². The molecule has 0 aromatic heterocycles. The third-order valence-electron chi connectivity index (χ3n) is 2.35. The van der Waals surface area contributed by atoms with Crippen LogP contribution in [0.1, 0.15) is 10.4 Å². The van der Waals surface area contributed by atoms with Crippen LogP contribution in [-0.4, -0.2) is 13.1 Å². The Hall–Kier alpha value is -1.56. The third kappa shape index (κ3) is 3.01. The normalized spacial score (nSPS) is 10.3. The molecule has 0 fully saturated rings. The zero-order chi connectivity index (χ0) is 13.0. The Bertz CT molecular complexity index is 549. The van der Waals surface area contributed by atoms with E-state index in [0.717, 1.165) is 12.9 Å². The van der Waals surface area contributed by atoms with Crippen molar-refractivity contribution in [3.05, 3.63) is 61.2 Å². The number of benzene rings is 2. The minimum absolute atomic E-state index is 0.293. The molecule has 0 spiro atoms. The van der Waals surface area contributed by atoms with Gasteiger partial charge in [-0.05, 0) is 0 Å². The molecule has 94 valence electrons. The van der Waals surface area contributed by atoms with E-state index in [2.05, 4.69) is 0 Å². The molecular weight excluding hydrogens is 343 g/mol. The van der Waals surface area contributed by atoms with Crippen LogP contribution >= 0.6 is 0 Å². The van der Waals surface area contributed by atoms with Crippen molar-refractivity contribution in [2.24, 2.45) is 0 Å². The fourth-order valence-corrected chi connectivity index (χ4v) is 3.93. The molecule has 0 unspecified atom stereocenters. The number of rotatable bonds is 4. The number of carboxylic acids is 1. The van der Waals surface area contributed by atoms with Gasteiger partial charge in [0.25, 0.3) is 0 Å². The zero-order valence-electron chi connectivity index (χ0n) is 9.72. The van der Waals surface area contributed by atoms with Crippen molar-refractivity contribution >= 4 is 5.97 Å². The quantitative estimate of drug-likeness (QED) is 0.608. The van der Waals surface area contributed by atoms with Gasteiger partial charge >= 0.3 is 116 Å². The van der Waals surface area contributed by atoms with Crippen molar-refractivity contribution in [1.82, 2.24) is 0 Å². The molecule has 3 nitrogen and oxygen atoms in total. The second-order valence-electron chi connectivity index (χ2n) is 3.52. The molecule has 0 atom stereocenters. The molecule has 2 rings (SSSR count). The summed E-state index contributed by atoms with van der Waals surface area (Å²) in [5.41, 5.74) is 0.293. The Morgan fingerprint density at radius 2 is 1.78 bits per heavy atom. The van der Waals surface area contributed by atoms with E-state index in [4.69, 9.17) is 4.74 Å². The number of carbonyl (C=O) groups excluding carboxylic acids is 1. The molecule has 0 heterocycles. The number of halogens is 1. The molecule has 0 saturated carbocycles. The van der Waals surface area contributed by atoms with Gasteiger partial charge in [-0.1, -0.05) is 0 Å². The van der Waals surface area contributed by atoms with Gasteiger partial charge in [0, 0.05) is 0 Å². The first-order valence-corrected chi connectivity index (χ1v) is 7.45. The van der Waals surface area contributed by atoms with E-state index in [1.54, 1.807) is 19.2 Å². The topological polar surface area (TPSA) is 49.4 Å².